The van der Waals surface area contributed by atoms with E-state index in [1.54, 1.807) is 0 Å². The summed E-state index contributed by atoms with van der Waals surface area (Å²) in [6.45, 7) is 4.94. The Bertz CT molecular complexity index is 1010. The number of nitrogens with one attached hydrogen (secondary N) is 1. The third kappa shape index (κ3) is 51.6. The van der Waals surface area contributed by atoms with Crippen LogP contribution >= 0.6 is 0 Å². The fourth-order valence-electron chi connectivity index (χ4n) is 8.98. The van der Waals surface area contributed by atoms with Gasteiger partial charge in [0.15, 0.2) is 0 Å². The average Bonchev–Trinajstić information content (AvgIpc) is 3.31. The van der Waals surface area contributed by atoms with E-state index < -0.39 is 12.1 Å². The monoisotopic (exact) mass is 916 g/mol. The summed E-state index contributed by atoms with van der Waals surface area (Å²) in [5.74, 6) is -0.0529. The van der Waals surface area contributed by atoms with Gasteiger partial charge in [-0.2, -0.15) is 0 Å². The van der Waals surface area contributed by atoms with E-state index in [2.05, 4.69) is 43.5 Å². The molecule has 0 aliphatic carbocycles. The topological polar surface area (TPSA) is 95.9 Å². The van der Waals surface area contributed by atoms with Gasteiger partial charge in [-0.1, -0.05) is 250 Å². The summed E-state index contributed by atoms with van der Waals surface area (Å²) in [7, 11) is 0. The van der Waals surface area contributed by atoms with Gasteiger partial charge in [-0.3, -0.25) is 9.59 Å². The lowest BCUT2D eigenvalue weighted by Crippen LogP contribution is -2.45. The van der Waals surface area contributed by atoms with Crippen LogP contribution in [0.1, 0.15) is 316 Å². The van der Waals surface area contributed by atoms with Gasteiger partial charge in [0.2, 0.25) is 5.91 Å². The van der Waals surface area contributed by atoms with Crippen molar-refractivity contribution >= 4 is 11.9 Å². The first-order valence-corrected chi connectivity index (χ1v) is 29.1. The number of aliphatic hydroxyl groups is 2. The molecule has 0 aliphatic rings. The van der Waals surface area contributed by atoms with Crippen LogP contribution in [-0.2, 0) is 14.3 Å². The molecule has 2 unspecified atom stereocenters. The van der Waals surface area contributed by atoms with E-state index in [9.17, 15) is 19.8 Å². The van der Waals surface area contributed by atoms with Crippen LogP contribution in [0.25, 0.3) is 0 Å². The smallest absolute Gasteiger partial charge is 0.305 e. The third-order valence-electron chi connectivity index (χ3n) is 13.5. The highest BCUT2D eigenvalue weighted by atomic mass is 16.5. The summed E-state index contributed by atoms with van der Waals surface area (Å²) in [5.41, 5.74) is 0. The van der Waals surface area contributed by atoms with Gasteiger partial charge in [-0.05, 0) is 77.0 Å². The lowest BCUT2D eigenvalue weighted by Gasteiger charge is -2.22. The molecule has 6 heteroatoms. The lowest BCUT2D eigenvalue weighted by molar-refractivity contribution is -0.143. The molecule has 3 N–H and O–H groups in total. The molecule has 65 heavy (non-hydrogen) atoms. The number of hydrogen-bond donors (Lipinski definition) is 3. The highest BCUT2D eigenvalue weighted by molar-refractivity contribution is 5.76. The quantitative estimate of drug-likeness (QED) is 0.0321. The third-order valence-corrected chi connectivity index (χ3v) is 13.5. The number of carbonyl (C=O) groups excluding carboxylic acids is 2. The molecule has 2 atom stereocenters. The van der Waals surface area contributed by atoms with Crippen molar-refractivity contribution in [3.63, 3.8) is 0 Å². The van der Waals surface area contributed by atoms with Crippen molar-refractivity contribution in [3.8, 4) is 0 Å². The minimum Gasteiger partial charge on any atom is -0.466 e. The van der Waals surface area contributed by atoms with Gasteiger partial charge in [-0.15, -0.1) is 0 Å². The minimum absolute atomic E-state index is 0.00473. The summed E-state index contributed by atoms with van der Waals surface area (Å²) in [6.07, 6.45) is 65.9. The maximum absolute atomic E-state index is 12.5. The highest BCUT2D eigenvalue weighted by Gasteiger charge is 2.20. The molecule has 0 aliphatic heterocycles. The van der Waals surface area contributed by atoms with Gasteiger partial charge >= 0.3 is 5.97 Å². The van der Waals surface area contributed by atoms with Gasteiger partial charge in [-0.25, -0.2) is 0 Å². The molecule has 0 bridgehead atoms. The molecule has 0 fully saturated rings. The summed E-state index contributed by atoms with van der Waals surface area (Å²) in [6, 6.07) is -0.551. The molecule has 0 spiro atoms. The SMILES string of the molecule is CCCCCCCC/C=C\CCCCCCCC(=O)OCCCCCCCCCCC/C=C\CCCCCCCC(=O)NC(CO)C(O)CCCCCCCCCCCCCCCCC. The Morgan fingerprint density at radius 2 is 0.723 bits per heavy atom. The summed E-state index contributed by atoms with van der Waals surface area (Å²) >= 11 is 0. The first-order chi connectivity index (χ1) is 32.0. The molecule has 0 saturated heterocycles. The zero-order chi connectivity index (χ0) is 47.2. The second-order valence-corrected chi connectivity index (χ2v) is 20.0. The number of rotatable bonds is 54. The molecule has 0 heterocycles. The first kappa shape index (κ1) is 63.3. The summed E-state index contributed by atoms with van der Waals surface area (Å²) in [5, 5.41) is 23.3. The van der Waals surface area contributed by atoms with Crippen LogP contribution in [0.5, 0.6) is 0 Å². The van der Waals surface area contributed by atoms with Gasteiger partial charge in [0.25, 0.3) is 0 Å². The van der Waals surface area contributed by atoms with Crippen molar-refractivity contribution in [1.82, 2.24) is 5.32 Å². The molecule has 6 nitrogen and oxygen atoms in total. The second kappa shape index (κ2) is 54.9. The zero-order valence-corrected chi connectivity index (χ0v) is 43.7. The normalized spacial score (nSPS) is 12.7. The number of carbonyl (C=O) groups is 2. The molecule has 384 valence electrons. The number of hydrogen-bond acceptors (Lipinski definition) is 5. The predicted molar refractivity (Wildman–Crippen MR) is 283 cm³/mol. The maximum Gasteiger partial charge on any atom is 0.305 e. The fourth-order valence-corrected chi connectivity index (χ4v) is 8.98. The van der Waals surface area contributed by atoms with Crippen molar-refractivity contribution in [2.45, 2.75) is 328 Å². The van der Waals surface area contributed by atoms with Crippen LogP contribution in [-0.4, -0.2) is 47.4 Å². The number of ether oxygens (including phenoxy) is 1. The number of aliphatic hydroxyl groups excluding tert-OH is 2. The zero-order valence-electron chi connectivity index (χ0n) is 43.7. The molecular weight excluding hydrogens is 803 g/mol. The Morgan fingerprint density at radius 3 is 1.09 bits per heavy atom. The van der Waals surface area contributed by atoms with Gasteiger partial charge in [0.1, 0.15) is 0 Å². The minimum atomic E-state index is -0.672. The van der Waals surface area contributed by atoms with Crippen LogP contribution in [0.15, 0.2) is 24.3 Å². The highest BCUT2D eigenvalue weighted by Crippen LogP contribution is 2.17. The molecule has 1 amide bonds. The van der Waals surface area contributed by atoms with E-state index in [1.807, 2.05) is 0 Å². The number of allylic oxidation sites excluding steroid dienone is 4. The van der Waals surface area contributed by atoms with Crippen molar-refractivity contribution in [1.29, 1.82) is 0 Å². The number of esters is 1. The van der Waals surface area contributed by atoms with Crippen LogP contribution in [0, 0.1) is 0 Å². The Kier molecular flexibility index (Phi) is 53.5. The molecule has 0 saturated carbocycles. The van der Waals surface area contributed by atoms with Crippen LogP contribution in [0.4, 0.5) is 0 Å². The summed E-state index contributed by atoms with van der Waals surface area (Å²) < 4.78 is 5.47. The van der Waals surface area contributed by atoms with E-state index in [0.717, 1.165) is 57.8 Å². The predicted octanol–water partition coefficient (Wildman–Crippen LogP) is 17.9. The van der Waals surface area contributed by atoms with Crippen LogP contribution in [0.3, 0.4) is 0 Å². The Morgan fingerprint density at radius 1 is 0.415 bits per heavy atom. The van der Waals surface area contributed by atoms with Gasteiger partial charge in [0.05, 0.1) is 25.4 Å². The van der Waals surface area contributed by atoms with Crippen LogP contribution < -0.4 is 5.32 Å². The van der Waals surface area contributed by atoms with Crippen molar-refractivity contribution in [2.24, 2.45) is 0 Å². The Balaban J connectivity index is 3.45. The van der Waals surface area contributed by atoms with E-state index in [0.29, 0.717) is 25.9 Å². The van der Waals surface area contributed by atoms with E-state index in [-0.39, 0.29) is 18.5 Å². The van der Waals surface area contributed by atoms with Crippen molar-refractivity contribution < 1.29 is 24.5 Å². The van der Waals surface area contributed by atoms with E-state index >= 15 is 0 Å². The number of amides is 1. The van der Waals surface area contributed by atoms with E-state index in [1.165, 1.54) is 225 Å². The molecule has 0 aromatic rings. The van der Waals surface area contributed by atoms with Gasteiger partial charge in [0, 0.05) is 12.8 Å². The average molecular weight is 917 g/mol. The second-order valence-electron chi connectivity index (χ2n) is 20.0. The Hall–Kier alpha value is -1.66. The lowest BCUT2D eigenvalue weighted by atomic mass is 10.0. The molecule has 0 rings (SSSR count). The van der Waals surface area contributed by atoms with E-state index in [4.69, 9.17) is 4.74 Å². The largest absolute Gasteiger partial charge is 0.466 e. The molecule has 0 aromatic carbocycles. The van der Waals surface area contributed by atoms with Gasteiger partial charge < -0.3 is 20.3 Å². The summed E-state index contributed by atoms with van der Waals surface area (Å²) in [4.78, 5) is 24.5. The maximum atomic E-state index is 12.5. The standard InChI is InChI=1S/C59H113NO5/c1-3-5-7-9-11-13-15-17-23-27-31-35-39-43-47-51-57(62)56(55-61)60-58(63)52-48-44-40-36-32-28-25-21-19-20-22-26-30-34-38-42-46-50-54-65-59(64)53-49-45-41-37-33-29-24-18-16-14-12-10-8-6-4-2/h18,21,24-25,56-57,61-62H,3-17,19-20,22-23,26-55H2,1-2H3,(H,60,63)/b24-18-,25-21-. The molecular formula is C59H113NO5. The fraction of sp³-hybridized carbons (Fsp3) is 0.898. The van der Waals surface area contributed by atoms with Crippen molar-refractivity contribution in [3.05, 3.63) is 24.3 Å². The van der Waals surface area contributed by atoms with Crippen molar-refractivity contribution in [2.75, 3.05) is 13.2 Å². The molecule has 0 aromatic heterocycles. The number of unbranched alkanes of at least 4 members (excludes halogenated alkanes) is 39. The Labute approximate surface area is 405 Å². The first-order valence-electron chi connectivity index (χ1n) is 29.1. The van der Waals surface area contributed by atoms with Crippen LogP contribution in [0.2, 0.25) is 0 Å². The molecule has 0 radical (unpaired) electrons.